The van der Waals surface area contributed by atoms with E-state index >= 15 is 0 Å². The van der Waals surface area contributed by atoms with E-state index in [9.17, 15) is 19.2 Å². The largest absolute Gasteiger partial charge is 0.447 e. The van der Waals surface area contributed by atoms with Gasteiger partial charge >= 0.3 is 6.09 Å². The summed E-state index contributed by atoms with van der Waals surface area (Å²) in [5.41, 5.74) is 0. The molecule has 5 unspecified atom stereocenters. The van der Waals surface area contributed by atoms with Gasteiger partial charge in [0, 0.05) is 12.3 Å². The van der Waals surface area contributed by atoms with E-state index in [1.807, 2.05) is 0 Å². The minimum Gasteiger partial charge on any atom is -0.447 e. The van der Waals surface area contributed by atoms with Crippen molar-refractivity contribution in [2.45, 2.75) is 76.1 Å². The highest BCUT2D eigenvalue weighted by molar-refractivity contribution is 8.00. The topological polar surface area (TPSA) is 111 Å². The van der Waals surface area contributed by atoms with Gasteiger partial charge in [0.15, 0.2) is 0 Å². The molecule has 9 heteroatoms. The van der Waals surface area contributed by atoms with Gasteiger partial charge in [0.1, 0.15) is 11.9 Å². The van der Waals surface area contributed by atoms with E-state index in [1.54, 1.807) is 13.8 Å². The number of thioether (sulfide) groups is 1. The Balaban J connectivity index is 1.54. The molecule has 1 saturated carbocycles. The van der Waals surface area contributed by atoms with Crippen LogP contribution in [0.4, 0.5) is 4.79 Å². The van der Waals surface area contributed by atoms with Crippen LogP contribution in [0.25, 0.3) is 0 Å². The molecule has 2 heterocycles. The Bertz CT molecular complexity index is 640. The van der Waals surface area contributed by atoms with Crippen molar-refractivity contribution in [3.05, 3.63) is 0 Å². The van der Waals surface area contributed by atoms with Crippen molar-refractivity contribution in [1.29, 1.82) is 0 Å². The highest BCUT2D eigenvalue weighted by atomic mass is 32.2. The van der Waals surface area contributed by atoms with E-state index in [1.165, 1.54) is 11.8 Å². The molecule has 28 heavy (non-hydrogen) atoms. The lowest BCUT2D eigenvalue weighted by molar-refractivity contribution is -0.161. The minimum absolute atomic E-state index is 0.0795. The average molecular weight is 413 g/mol. The Hall–Kier alpha value is -1.61. The molecule has 1 aliphatic carbocycles. The zero-order valence-corrected chi connectivity index (χ0v) is 17.1. The molecule has 0 bridgehead atoms. The summed E-state index contributed by atoms with van der Waals surface area (Å²) in [6.07, 6.45) is 2.23. The Morgan fingerprint density at radius 3 is 2.64 bits per heavy atom. The SMILES string of the molecule is CC(C)OC(=O)NC(=O)C1CCSC1NC(=O)C1CC(=O)C2CCCCC2O1. The number of alkyl carbamates (subject to hydrolysis) is 1. The number of fused-ring (bicyclic) bond motifs is 1. The van der Waals surface area contributed by atoms with Crippen LogP contribution in [0.2, 0.25) is 0 Å². The first-order valence-electron chi connectivity index (χ1n) is 9.96. The maximum absolute atomic E-state index is 12.7. The van der Waals surface area contributed by atoms with Crippen LogP contribution in [0.1, 0.15) is 52.4 Å². The van der Waals surface area contributed by atoms with Crippen LogP contribution >= 0.6 is 11.8 Å². The second-order valence-electron chi connectivity index (χ2n) is 7.86. The van der Waals surface area contributed by atoms with Crippen LogP contribution in [0.3, 0.4) is 0 Å². The lowest BCUT2D eigenvalue weighted by Crippen LogP contribution is -2.52. The van der Waals surface area contributed by atoms with E-state index in [0.717, 1.165) is 25.7 Å². The standard InChI is InChI=1S/C19H28N2O6S/c1-10(2)26-19(25)21-16(23)12-7-8-28-18(12)20-17(24)15-9-13(22)11-5-3-4-6-14(11)27-15/h10-12,14-15,18H,3-9H2,1-2H3,(H,20,24)(H,21,23,25). The lowest BCUT2D eigenvalue weighted by Gasteiger charge is -2.38. The van der Waals surface area contributed by atoms with E-state index in [4.69, 9.17) is 9.47 Å². The number of Topliss-reactive ketones (excluding diaryl/α,β-unsaturated/α-hetero) is 1. The van der Waals surface area contributed by atoms with Crippen LogP contribution in [0.5, 0.6) is 0 Å². The third-order valence-electron chi connectivity index (χ3n) is 5.42. The van der Waals surface area contributed by atoms with E-state index in [0.29, 0.717) is 12.2 Å². The maximum atomic E-state index is 12.7. The Morgan fingerprint density at radius 2 is 1.89 bits per heavy atom. The zero-order valence-electron chi connectivity index (χ0n) is 16.3. The van der Waals surface area contributed by atoms with Gasteiger partial charge in [-0.1, -0.05) is 12.8 Å². The second-order valence-corrected chi connectivity index (χ2v) is 9.11. The monoisotopic (exact) mass is 412 g/mol. The van der Waals surface area contributed by atoms with E-state index in [-0.39, 0.29) is 36.2 Å². The van der Waals surface area contributed by atoms with Crippen LogP contribution in [-0.4, -0.2) is 53.1 Å². The van der Waals surface area contributed by atoms with Gasteiger partial charge < -0.3 is 14.8 Å². The fourth-order valence-corrected chi connectivity index (χ4v) is 5.38. The second kappa shape index (κ2) is 9.26. The van der Waals surface area contributed by atoms with Gasteiger partial charge in [-0.2, -0.15) is 0 Å². The molecule has 3 aliphatic rings. The fraction of sp³-hybridized carbons (Fsp3) is 0.789. The number of amides is 3. The molecule has 0 aromatic rings. The highest BCUT2D eigenvalue weighted by Gasteiger charge is 2.43. The van der Waals surface area contributed by atoms with Gasteiger partial charge in [-0.15, -0.1) is 11.8 Å². The molecule has 2 N–H and O–H groups in total. The Labute approximate surface area is 168 Å². The molecule has 0 aromatic heterocycles. The molecular weight excluding hydrogens is 384 g/mol. The summed E-state index contributed by atoms with van der Waals surface area (Å²) < 4.78 is 10.9. The molecule has 156 valence electrons. The van der Waals surface area contributed by atoms with Gasteiger partial charge in [0.25, 0.3) is 0 Å². The molecule has 5 atom stereocenters. The van der Waals surface area contributed by atoms with E-state index in [2.05, 4.69) is 10.6 Å². The number of nitrogens with one attached hydrogen (secondary N) is 2. The number of imide groups is 1. The van der Waals surface area contributed by atoms with Crippen molar-refractivity contribution in [2.24, 2.45) is 11.8 Å². The summed E-state index contributed by atoms with van der Waals surface area (Å²) in [5.74, 6) is -0.647. The summed E-state index contributed by atoms with van der Waals surface area (Å²) in [6.45, 7) is 3.39. The van der Waals surface area contributed by atoms with Crippen molar-refractivity contribution < 1.29 is 28.7 Å². The maximum Gasteiger partial charge on any atom is 0.414 e. The molecular formula is C19H28N2O6S. The number of hydrogen-bond acceptors (Lipinski definition) is 7. The third-order valence-corrected chi connectivity index (χ3v) is 6.69. The summed E-state index contributed by atoms with van der Waals surface area (Å²) in [7, 11) is 0. The predicted octanol–water partition coefficient (Wildman–Crippen LogP) is 1.76. The number of carbonyl (C=O) groups is 4. The fourth-order valence-electron chi connectivity index (χ4n) is 4.05. The Kier molecular flexibility index (Phi) is 6.98. The number of hydrogen-bond donors (Lipinski definition) is 2. The highest BCUT2D eigenvalue weighted by Crippen LogP contribution is 2.35. The van der Waals surface area contributed by atoms with Gasteiger partial charge in [0.05, 0.1) is 23.5 Å². The number of carbonyl (C=O) groups excluding carboxylic acids is 4. The molecule has 0 spiro atoms. The van der Waals surface area contributed by atoms with Gasteiger partial charge in [-0.25, -0.2) is 4.79 Å². The van der Waals surface area contributed by atoms with Crippen molar-refractivity contribution >= 4 is 35.5 Å². The normalized spacial score (nSPS) is 32.5. The van der Waals surface area contributed by atoms with Gasteiger partial charge in [0.2, 0.25) is 11.8 Å². The van der Waals surface area contributed by atoms with Crippen molar-refractivity contribution in [3.8, 4) is 0 Å². The molecule has 3 fully saturated rings. The molecule has 2 aliphatic heterocycles. The molecule has 0 radical (unpaired) electrons. The van der Waals surface area contributed by atoms with Crippen LogP contribution < -0.4 is 10.6 Å². The third kappa shape index (κ3) is 5.05. The molecule has 2 saturated heterocycles. The predicted molar refractivity (Wildman–Crippen MR) is 102 cm³/mol. The quantitative estimate of drug-likeness (QED) is 0.724. The van der Waals surface area contributed by atoms with Crippen LogP contribution in [-0.2, 0) is 23.9 Å². The molecule has 0 aromatic carbocycles. The van der Waals surface area contributed by atoms with Gasteiger partial charge in [-0.05, 0) is 38.9 Å². The lowest BCUT2D eigenvalue weighted by atomic mass is 9.80. The van der Waals surface area contributed by atoms with E-state index < -0.39 is 29.4 Å². The van der Waals surface area contributed by atoms with Crippen molar-refractivity contribution in [3.63, 3.8) is 0 Å². The summed E-state index contributed by atoms with van der Waals surface area (Å²) in [6, 6.07) is 0. The first-order valence-corrected chi connectivity index (χ1v) is 11.0. The number of ether oxygens (including phenoxy) is 2. The summed E-state index contributed by atoms with van der Waals surface area (Å²) in [5, 5.41) is 4.62. The summed E-state index contributed by atoms with van der Waals surface area (Å²) >= 11 is 1.45. The molecule has 3 rings (SSSR count). The summed E-state index contributed by atoms with van der Waals surface area (Å²) in [4.78, 5) is 49.1. The minimum atomic E-state index is -0.803. The van der Waals surface area contributed by atoms with Crippen molar-refractivity contribution in [1.82, 2.24) is 10.6 Å². The Morgan fingerprint density at radius 1 is 1.14 bits per heavy atom. The molecule has 8 nitrogen and oxygen atoms in total. The van der Waals surface area contributed by atoms with Crippen LogP contribution in [0, 0.1) is 11.8 Å². The number of ketones is 1. The first-order chi connectivity index (χ1) is 13.3. The van der Waals surface area contributed by atoms with Crippen LogP contribution in [0.15, 0.2) is 0 Å². The average Bonchev–Trinajstić information content (AvgIpc) is 3.09. The zero-order chi connectivity index (χ0) is 20.3. The van der Waals surface area contributed by atoms with Gasteiger partial charge in [-0.3, -0.25) is 19.7 Å². The first kappa shape index (κ1) is 21.1. The van der Waals surface area contributed by atoms with Crippen molar-refractivity contribution in [2.75, 3.05) is 5.75 Å². The molecule has 3 amide bonds. The number of rotatable bonds is 4. The smallest absolute Gasteiger partial charge is 0.414 e.